The molecule has 3 rings (SSSR count). The number of fused-ring (bicyclic) bond motifs is 1. The lowest BCUT2D eigenvalue weighted by Crippen LogP contribution is -1.89. The van der Waals surface area contributed by atoms with Gasteiger partial charge in [0, 0.05) is 0 Å². The monoisotopic (exact) mass is 285 g/mol. The molecule has 3 aromatic rings. The second-order valence-corrected chi connectivity index (χ2v) is 5.58. The van der Waals surface area contributed by atoms with E-state index in [0.717, 1.165) is 32.1 Å². The number of aromatic nitrogens is 1. The van der Waals surface area contributed by atoms with Crippen molar-refractivity contribution in [3.05, 3.63) is 42.0 Å². The van der Waals surface area contributed by atoms with Crippen LogP contribution in [-0.4, -0.2) is 16.7 Å². The fraction of sp³-hybridized carbons (Fsp3) is 0.188. The Labute approximate surface area is 121 Å². The zero-order valence-corrected chi connectivity index (χ0v) is 12.2. The molecule has 1 heterocycles. The van der Waals surface area contributed by atoms with Crippen molar-refractivity contribution in [3.63, 3.8) is 0 Å². The summed E-state index contributed by atoms with van der Waals surface area (Å²) in [5.74, 6) is 1.15. The maximum Gasteiger partial charge on any atom is 0.128 e. The van der Waals surface area contributed by atoms with E-state index in [9.17, 15) is 5.11 Å². The Hall–Kier alpha value is -2.07. The van der Waals surface area contributed by atoms with Gasteiger partial charge in [0.25, 0.3) is 0 Å². The summed E-state index contributed by atoms with van der Waals surface area (Å²) in [5.41, 5.74) is 2.57. The molecule has 0 saturated carbocycles. The van der Waals surface area contributed by atoms with E-state index >= 15 is 0 Å². The molecule has 4 heteroatoms. The number of nitrogens with zero attached hydrogens (tertiary/aromatic N) is 1. The Balaban J connectivity index is 2.10. The van der Waals surface area contributed by atoms with Gasteiger partial charge in [0.15, 0.2) is 0 Å². The average molecular weight is 285 g/mol. The molecule has 0 radical (unpaired) electrons. The lowest BCUT2D eigenvalue weighted by molar-refractivity contribution is 0.341. The van der Waals surface area contributed by atoms with Gasteiger partial charge in [-0.2, -0.15) is 0 Å². The van der Waals surface area contributed by atoms with Gasteiger partial charge in [-0.1, -0.05) is 12.1 Å². The summed E-state index contributed by atoms with van der Waals surface area (Å²) in [5, 5.41) is 11.0. The lowest BCUT2D eigenvalue weighted by Gasteiger charge is -2.02. The van der Waals surface area contributed by atoms with Crippen LogP contribution in [0.5, 0.6) is 11.5 Å². The molecule has 0 spiro atoms. The molecule has 3 nitrogen and oxygen atoms in total. The van der Waals surface area contributed by atoms with Gasteiger partial charge in [0.2, 0.25) is 0 Å². The summed E-state index contributed by atoms with van der Waals surface area (Å²) >= 11 is 1.56. The van der Waals surface area contributed by atoms with Crippen LogP contribution in [0.3, 0.4) is 0 Å². The summed E-state index contributed by atoms with van der Waals surface area (Å²) in [4.78, 5) is 4.59. The summed E-state index contributed by atoms with van der Waals surface area (Å²) in [6.07, 6.45) is 0. The molecule has 0 saturated heterocycles. The molecule has 0 unspecified atom stereocenters. The molecule has 0 aliphatic heterocycles. The van der Waals surface area contributed by atoms with Crippen molar-refractivity contribution in [2.45, 2.75) is 13.8 Å². The van der Waals surface area contributed by atoms with E-state index in [1.54, 1.807) is 11.3 Å². The maximum absolute atomic E-state index is 10.2. The fourth-order valence-electron chi connectivity index (χ4n) is 2.11. The van der Waals surface area contributed by atoms with Crippen LogP contribution < -0.4 is 4.74 Å². The molecule has 1 N–H and O–H groups in total. The van der Waals surface area contributed by atoms with Gasteiger partial charge in [-0.15, -0.1) is 11.3 Å². The van der Waals surface area contributed by atoms with E-state index in [1.807, 2.05) is 50.2 Å². The van der Waals surface area contributed by atoms with Crippen LogP contribution >= 0.6 is 11.3 Å². The van der Waals surface area contributed by atoms with Crippen molar-refractivity contribution in [1.82, 2.24) is 4.98 Å². The first kappa shape index (κ1) is 12.9. The van der Waals surface area contributed by atoms with Crippen LogP contribution in [-0.2, 0) is 0 Å². The van der Waals surface area contributed by atoms with Crippen molar-refractivity contribution in [2.24, 2.45) is 0 Å². The first-order valence-corrected chi connectivity index (χ1v) is 7.33. The minimum Gasteiger partial charge on any atom is -0.507 e. The summed E-state index contributed by atoms with van der Waals surface area (Å²) < 4.78 is 6.56. The van der Waals surface area contributed by atoms with Gasteiger partial charge >= 0.3 is 0 Å². The number of hydrogen-bond acceptors (Lipinski definition) is 4. The highest BCUT2D eigenvalue weighted by molar-refractivity contribution is 7.21. The standard InChI is InChI=1S/C16H15NO2S/c1-3-19-11-7-8-13-14(9-11)20-16(17-13)12-6-4-5-10(2)15(12)18/h4-9,18H,3H2,1-2H3. The number of ether oxygens (including phenoxy) is 1. The predicted molar refractivity (Wildman–Crippen MR) is 82.6 cm³/mol. The van der Waals surface area contributed by atoms with Gasteiger partial charge < -0.3 is 9.84 Å². The highest BCUT2D eigenvalue weighted by atomic mass is 32.1. The SMILES string of the molecule is CCOc1ccc2nc(-c3cccc(C)c3O)sc2c1. The minimum atomic E-state index is 0.302. The topological polar surface area (TPSA) is 42.4 Å². The van der Waals surface area contributed by atoms with Crippen molar-refractivity contribution >= 4 is 21.6 Å². The molecule has 0 aliphatic carbocycles. The minimum absolute atomic E-state index is 0.302. The van der Waals surface area contributed by atoms with Crippen LogP contribution in [0.2, 0.25) is 0 Å². The van der Waals surface area contributed by atoms with Crippen LogP contribution in [0, 0.1) is 6.92 Å². The van der Waals surface area contributed by atoms with Crippen molar-refractivity contribution in [2.75, 3.05) is 6.61 Å². The number of thiazole rings is 1. The number of phenols is 1. The number of para-hydroxylation sites is 1. The van der Waals surface area contributed by atoms with E-state index < -0.39 is 0 Å². The third-order valence-electron chi connectivity index (χ3n) is 3.14. The lowest BCUT2D eigenvalue weighted by atomic mass is 10.1. The highest BCUT2D eigenvalue weighted by Gasteiger charge is 2.12. The molecule has 102 valence electrons. The summed E-state index contributed by atoms with van der Waals surface area (Å²) in [7, 11) is 0. The molecule has 0 bridgehead atoms. The normalized spacial score (nSPS) is 10.9. The quantitative estimate of drug-likeness (QED) is 0.776. The van der Waals surface area contributed by atoms with E-state index in [4.69, 9.17) is 4.74 Å². The molecule has 0 fully saturated rings. The van der Waals surface area contributed by atoms with Gasteiger partial charge in [-0.05, 0) is 43.7 Å². The first-order chi connectivity index (χ1) is 9.69. The van der Waals surface area contributed by atoms with E-state index in [2.05, 4.69) is 4.98 Å². The molecule has 1 aromatic heterocycles. The second kappa shape index (κ2) is 5.13. The zero-order chi connectivity index (χ0) is 14.1. The molecule has 2 aromatic carbocycles. The largest absolute Gasteiger partial charge is 0.507 e. The molecule has 0 amide bonds. The van der Waals surface area contributed by atoms with Gasteiger partial charge in [0.1, 0.15) is 16.5 Å². The Kier molecular flexibility index (Phi) is 3.32. The summed E-state index contributed by atoms with van der Waals surface area (Å²) in [6, 6.07) is 11.6. The fourth-order valence-corrected chi connectivity index (χ4v) is 3.13. The first-order valence-electron chi connectivity index (χ1n) is 6.51. The van der Waals surface area contributed by atoms with E-state index in [-0.39, 0.29) is 0 Å². The highest BCUT2D eigenvalue weighted by Crippen LogP contribution is 2.37. The Morgan fingerprint density at radius 2 is 2.10 bits per heavy atom. The third-order valence-corrected chi connectivity index (χ3v) is 4.19. The van der Waals surface area contributed by atoms with Crippen LogP contribution in [0.25, 0.3) is 20.8 Å². The number of aryl methyl sites for hydroxylation is 1. The molecular weight excluding hydrogens is 270 g/mol. The van der Waals surface area contributed by atoms with Gasteiger partial charge in [-0.25, -0.2) is 4.98 Å². The van der Waals surface area contributed by atoms with Crippen LogP contribution in [0.4, 0.5) is 0 Å². The molecular formula is C16H15NO2S. The van der Waals surface area contributed by atoms with Gasteiger partial charge in [-0.3, -0.25) is 0 Å². The van der Waals surface area contributed by atoms with E-state index in [0.29, 0.717) is 12.4 Å². The average Bonchev–Trinajstić information content (AvgIpc) is 2.85. The number of rotatable bonds is 3. The Morgan fingerprint density at radius 1 is 1.25 bits per heavy atom. The number of hydrogen-bond donors (Lipinski definition) is 1. The smallest absolute Gasteiger partial charge is 0.128 e. The van der Waals surface area contributed by atoms with Crippen LogP contribution in [0.1, 0.15) is 12.5 Å². The van der Waals surface area contributed by atoms with E-state index in [1.165, 1.54) is 0 Å². The van der Waals surface area contributed by atoms with Crippen molar-refractivity contribution < 1.29 is 9.84 Å². The number of aromatic hydroxyl groups is 1. The molecule has 0 atom stereocenters. The van der Waals surface area contributed by atoms with Crippen molar-refractivity contribution in [1.29, 1.82) is 0 Å². The van der Waals surface area contributed by atoms with Gasteiger partial charge in [0.05, 0.1) is 22.4 Å². The Bertz CT molecular complexity index is 764. The molecule has 0 aliphatic rings. The zero-order valence-electron chi connectivity index (χ0n) is 11.4. The number of benzene rings is 2. The Morgan fingerprint density at radius 3 is 2.90 bits per heavy atom. The molecule has 20 heavy (non-hydrogen) atoms. The van der Waals surface area contributed by atoms with Crippen molar-refractivity contribution in [3.8, 4) is 22.1 Å². The maximum atomic E-state index is 10.2. The third kappa shape index (κ3) is 2.23. The van der Waals surface area contributed by atoms with Crippen LogP contribution in [0.15, 0.2) is 36.4 Å². The second-order valence-electron chi connectivity index (χ2n) is 4.55. The summed E-state index contributed by atoms with van der Waals surface area (Å²) in [6.45, 7) is 4.50. The predicted octanol–water partition coefficient (Wildman–Crippen LogP) is 4.38. The number of phenolic OH excluding ortho intramolecular Hbond substituents is 1.